The average molecular weight is 344 g/mol. The van der Waals surface area contributed by atoms with Crippen molar-refractivity contribution in [2.24, 2.45) is 0 Å². The van der Waals surface area contributed by atoms with Gasteiger partial charge in [-0.2, -0.15) is 0 Å². The summed E-state index contributed by atoms with van der Waals surface area (Å²) in [5, 5.41) is 2.20. The van der Waals surface area contributed by atoms with Gasteiger partial charge in [0.05, 0.1) is 6.42 Å². The molecule has 0 saturated carbocycles. The Morgan fingerprint density at radius 3 is 2.74 bits per heavy atom. The molecule has 1 heterocycles. The summed E-state index contributed by atoms with van der Waals surface area (Å²) < 4.78 is 30.5. The Kier molecular flexibility index (Phi) is 5.91. The van der Waals surface area contributed by atoms with Crippen LogP contribution in [0.5, 0.6) is 0 Å². The minimum Gasteiger partial charge on any atom is -0.456 e. The van der Waals surface area contributed by atoms with Crippen molar-refractivity contribution in [3.05, 3.63) is 29.8 Å². The molecule has 1 fully saturated rings. The fourth-order valence-corrected chi connectivity index (χ4v) is 2.70. The summed E-state index contributed by atoms with van der Waals surface area (Å²) in [5.41, 5.74) is 0.0598. The number of benzene rings is 1. The number of amides is 2. The molecule has 0 spiro atoms. The van der Waals surface area contributed by atoms with Crippen LogP contribution >= 0.6 is 11.8 Å². The highest BCUT2D eigenvalue weighted by atomic mass is 32.2. The van der Waals surface area contributed by atoms with Gasteiger partial charge in [-0.05, 0) is 12.1 Å². The van der Waals surface area contributed by atoms with Gasteiger partial charge >= 0.3 is 5.97 Å². The Hall–Kier alpha value is -2.16. The van der Waals surface area contributed by atoms with Crippen LogP contribution in [0.15, 0.2) is 18.2 Å². The van der Waals surface area contributed by atoms with Crippen molar-refractivity contribution in [3.8, 4) is 0 Å². The molecule has 23 heavy (non-hydrogen) atoms. The van der Waals surface area contributed by atoms with E-state index >= 15 is 0 Å². The molecule has 124 valence electrons. The number of halogens is 2. The number of hydrogen-bond acceptors (Lipinski definition) is 5. The third kappa shape index (κ3) is 5.20. The van der Waals surface area contributed by atoms with E-state index in [1.807, 2.05) is 0 Å². The molecule has 0 aromatic heterocycles. The lowest BCUT2D eigenvalue weighted by Gasteiger charge is -2.13. The summed E-state index contributed by atoms with van der Waals surface area (Å²) in [7, 11) is 0. The summed E-state index contributed by atoms with van der Waals surface area (Å²) in [6, 6.07) is 2.89. The molecule has 1 N–H and O–H groups in total. The fourth-order valence-electron chi connectivity index (χ4n) is 1.84. The highest BCUT2D eigenvalue weighted by Crippen LogP contribution is 2.17. The van der Waals surface area contributed by atoms with E-state index in [1.165, 1.54) is 22.7 Å². The summed E-state index contributed by atoms with van der Waals surface area (Å²) in [4.78, 5) is 35.9. The van der Waals surface area contributed by atoms with E-state index in [9.17, 15) is 23.2 Å². The molecule has 0 bridgehead atoms. The maximum atomic E-state index is 13.0. The highest BCUT2D eigenvalue weighted by Gasteiger charge is 2.21. The van der Waals surface area contributed by atoms with Gasteiger partial charge in [0.25, 0.3) is 11.1 Å². The van der Waals surface area contributed by atoms with E-state index in [-0.39, 0.29) is 23.9 Å². The molecule has 0 radical (unpaired) electrons. The number of esters is 1. The van der Waals surface area contributed by atoms with Crippen LogP contribution in [0.2, 0.25) is 0 Å². The Labute approximate surface area is 135 Å². The van der Waals surface area contributed by atoms with E-state index in [4.69, 9.17) is 4.74 Å². The summed E-state index contributed by atoms with van der Waals surface area (Å²) in [6.07, 6.45) is -0.00917. The Bertz CT molecular complexity index is 627. The first kappa shape index (κ1) is 17.2. The van der Waals surface area contributed by atoms with Crippen LogP contribution in [0.3, 0.4) is 0 Å². The predicted molar refractivity (Wildman–Crippen MR) is 80.0 cm³/mol. The van der Waals surface area contributed by atoms with E-state index in [0.717, 1.165) is 12.1 Å². The molecule has 2 amide bonds. The van der Waals surface area contributed by atoms with Crippen LogP contribution in [0, 0.1) is 11.6 Å². The van der Waals surface area contributed by atoms with Crippen LogP contribution in [-0.4, -0.2) is 47.5 Å². The standard InChI is InChI=1S/C14H14F2N2O4S/c15-10-2-1-9(7-11(10)16)17-12(19)8-22-13(20)3-4-18-5-6-23-14(18)21/h1-2,7H,3-6,8H2,(H,17,19). The van der Waals surface area contributed by atoms with Crippen LogP contribution in [0.1, 0.15) is 6.42 Å². The second kappa shape index (κ2) is 7.91. The lowest BCUT2D eigenvalue weighted by atomic mass is 10.3. The first-order valence-corrected chi connectivity index (χ1v) is 7.76. The number of carbonyl (C=O) groups excluding carboxylic acids is 3. The quantitative estimate of drug-likeness (QED) is 0.799. The molecule has 1 aromatic carbocycles. The van der Waals surface area contributed by atoms with Crippen molar-refractivity contribution in [3.63, 3.8) is 0 Å². The van der Waals surface area contributed by atoms with Crippen LogP contribution in [0.4, 0.5) is 19.3 Å². The van der Waals surface area contributed by atoms with Crippen molar-refractivity contribution in [1.29, 1.82) is 0 Å². The second-order valence-electron chi connectivity index (χ2n) is 4.69. The van der Waals surface area contributed by atoms with Gasteiger partial charge < -0.3 is 15.0 Å². The summed E-state index contributed by atoms with van der Waals surface area (Å²) in [6.45, 7) is 0.295. The number of hydrogen-bond donors (Lipinski definition) is 1. The minimum atomic E-state index is -1.09. The Balaban J connectivity index is 1.70. The SMILES string of the molecule is O=C(COC(=O)CCN1CCSC1=O)Nc1ccc(F)c(F)c1. The van der Waals surface area contributed by atoms with E-state index in [2.05, 4.69) is 5.32 Å². The molecule has 1 saturated heterocycles. The zero-order valence-electron chi connectivity index (χ0n) is 12.0. The van der Waals surface area contributed by atoms with Gasteiger partial charge in [-0.3, -0.25) is 14.4 Å². The number of rotatable bonds is 6. The second-order valence-corrected chi connectivity index (χ2v) is 5.74. The third-order valence-electron chi connectivity index (χ3n) is 3.00. The van der Waals surface area contributed by atoms with Gasteiger partial charge in [-0.25, -0.2) is 8.78 Å². The predicted octanol–water partition coefficient (Wildman–Crippen LogP) is 2.01. The number of ether oxygens (including phenoxy) is 1. The monoisotopic (exact) mass is 344 g/mol. The largest absolute Gasteiger partial charge is 0.456 e. The zero-order valence-corrected chi connectivity index (χ0v) is 12.8. The number of carbonyl (C=O) groups is 3. The van der Waals surface area contributed by atoms with Gasteiger partial charge in [0.1, 0.15) is 0 Å². The zero-order chi connectivity index (χ0) is 16.8. The molecule has 6 nitrogen and oxygen atoms in total. The van der Waals surface area contributed by atoms with E-state index in [1.54, 1.807) is 0 Å². The molecule has 0 unspecified atom stereocenters. The van der Waals surface area contributed by atoms with E-state index in [0.29, 0.717) is 12.3 Å². The lowest BCUT2D eigenvalue weighted by Crippen LogP contribution is -2.27. The van der Waals surface area contributed by atoms with Gasteiger partial charge in [0.2, 0.25) is 0 Å². The van der Waals surface area contributed by atoms with Gasteiger partial charge in [0.15, 0.2) is 18.2 Å². The van der Waals surface area contributed by atoms with Gasteiger partial charge in [-0.1, -0.05) is 11.8 Å². The van der Waals surface area contributed by atoms with Crippen LogP contribution in [0.25, 0.3) is 0 Å². The normalized spacial score (nSPS) is 14.0. The molecular weight excluding hydrogens is 330 g/mol. The van der Waals surface area contributed by atoms with Crippen molar-refractivity contribution in [2.75, 3.05) is 30.8 Å². The topological polar surface area (TPSA) is 75.7 Å². The minimum absolute atomic E-state index is 0.00917. The third-order valence-corrected chi connectivity index (χ3v) is 3.89. The molecule has 0 atom stereocenters. The Morgan fingerprint density at radius 2 is 2.09 bits per heavy atom. The molecule has 0 aliphatic carbocycles. The lowest BCUT2D eigenvalue weighted by molar-refractivity contribution is -0.147. The molecule has 1 aliphatic heterocycles. The average Bonchev–Trinajstić information content (AvgIpc) is 2.92. The number of anilines is 1. The molecule has 9 heteroatoms. The first-order chi connectivity index (χ1) is 11.0. The molecular formula is C14H14F2N2O4S. The molecule has 1 aromatic rings. The smallest absolute Gasteiger partial charge is 0.308 e. The number of nitrogens with zero attached hydrogens (tertiary/aromatic N) is 1. The fraction of sp³-hybridized carbons (Fsp3) is 0.357. The molecule has 2 rings (SSSR count). The summed E-state index contributed by atoms with van der Waals surface area (Å²) >= 11 is 1.19. The number of nitrogens with one attached hydrogen (secondary N) is 1. The van der Waals surface area contributed by atoms with Crippen LogP contribution < -0.4 is 5.32 Å². The van der Waals surface area contributed by atoms with Crippen molar-refractivity contribution >= 4 is 34.6 Å². The van der Waals surface area contributed by atoms with Crippen molar-refractivity contribution < 1.29 is 27.9 Å². The van der Waals surface area contributed by atoms with Crippen molar-refractivity contribution in [2.45, 2.75) is 6.42 Å². The van der Waals surface area contributed by atoms with Gasteiger partial charge in [0, 0.05) is 30.6 Å². The van der Waals surface area contributed by atoms with E-state index < -0.39 is 30.1 Å². The maximum absolute atomic E-state index is 13.0. The van der Waals surface area contributed by atoms with Crippen LogP contribution in [-0.2, 0) is 14.3 Å². The first-order valence-electron chi connectivity index (χ1n) is 6.78. The van der Waals surface area contributed by atoms with Gasteiger partial charge in [-0.15, -0.1) is 0 Å². The van der Waals surface area contributed by atoms with Crippen molar-refractivity contribution in [1.82, 2.24) is 4.90 Å². The number of thioether (sulfide) groups is 1. The summed E-state index contributed by atoms with van der Waals surface area (Å²) in [5.74, 6) is -2.70. The highest BCUT2D eigenvalue weighted by molar-refractivity contribution is 8.13. The maximum Gasteiger partial charge on any atom is 0.308 e. The Morgan fingerprint density at radius 1 is 1.30 bits per heavy atom. The molecule has 1 aliphatic rings.